The Morgan fingerprint density at radius 2 is 2.26 bits per heavy atom. The highest BCUT2D eigenvalue weighted by Crippen LogP contribution is 2.20. The summed E-state index contributed by atoms with van der Waals surface area (Å²) in [5, 5.41) is 5.97. The molecular formula is C14H25N3OS. The van der Waals surface area contributed by atoms with Crippen molar-refractivity contribution in [1.29, 1.82) is 0 Å². The van der Waals surface area contributed by atoms with Gasteiger partial charge in [0.2, 0.25) is 5.91 Å². The van der Waals surface area contributed by atoms with E-state index < -0.39 is 0 Å². The molecule has 0 aliphatic carbocycles. The second kappa shape index (κ2) is 8.27. The van der Waals surface area contributed by atoms with Crippen LogP contribution >= 0.6 is 11.3 Å². The number of rotatable bonds is 8. The van der Waals surface area contributed by atoms with Gasteiger partial charge in [-0.1, -0.05) is 20.8 Å². The summed E-state index contributed by atoms with van der Waals surface area (Å²) in [7, 11) is 0. The molecule has 4 nitrogen and oxygen atoms in total. The van der Waals surface area contributed by atoms with Gasteiger partial charge in [0.25, 0.3) is 0 Å². The lowest BCUT2D eigenvalue weighted by atomic mass is 9.94. The van der Waals surface area contributed by atoms with E-state index in [1.165, 1.54) is 0 Å². The summed E-state index contributed by atoms with van der Waals surface area (Å²) in [5.74, 6) is 0.925. The predicted molar refractivity (Wildman–Crippen MR) is 79.9 cm³/mol. The topological polar surface area (TPSA) is 68.0 Å². The van der Waals surface area contributed by atoms with Gasteiger partial charge in [-0.25, -0.2) is 4.98 Å². The van der Waals surface area contributed by atoms with Crippen LogP contribution < -0.4 is 11.1 Å². The predicted octanol–water partition coefficient (Wildman–Crippen LogP) is 2.72. The summed E-state index contributed by atoms with van der Waals surface area (Å²) in [6, 6.07) is 0.0324. The molecule has 2 atom stereocenters. The van der Waals surface area contributed by atoms with Gasteiger partial charge in [0.05, 0.1) is 6.04 Å². The van der Waals surface area contributed by atoms with Gasteiger partial charge in [0, 0.05) is 18.0 Å². The zero-order valence-electron chi connectivity index (χ0n) is 12.1. The van der Waals surface area contributed by atoms with Crippen molar-refractivity contribution >= 4 is 17.2 Å². The Balaban J connectivity index is 2.48. The molecule has 1 aromatic heterocycles. The Morgan fingerprint density at radius 3 is 2.74 bits per heavy atom. The van der Waals surface area contributed by atoms with Crippen LogP contribution in [0.1, 0.15) is 51.1 Å². The minimum Gasteiger partial charge on any atom is -0.347 e. The first-order valence-electron chi connectivity index (χ1n) is 6.95. The zero-order chi connectivity index (χ0) is 14.3. The average molecular weight is 283 g/mol. The lowest BCUT2D eigenvalue weighted by molar-refractivity contribution is -0.122. The van der Waals surface area contributed by atoms with Gasteiger partial charge in [-0.15, -0.1) is 11.3 Å². The average Bonchev–Trinajstić information content (AvgIpc) is 2.88. The molecule has 0 bridgehead atoms. The molecule has 3 N–H and O–H groups in total. The molecule has 1 amide bonds. The summed E-state index contributed by atoms with van der Waals surface area (Å²) < 4.78 is 0. The minimum atomic E-state index is 0.0324. The number of nitrogens with one attached hydrogen (secondary N) is 1. The van der Waals surface area contributed by atoms with Crippen molar-refractivity contribution in [3.63, 3.8) is 0 Å². The van der Waals surface area contributed by atoms with Crippen LogP contribution in [-0.4, -0.2) is 17.4 Å². The van der Waals surface area contributed by atoms with Crippen LogP contribution in [0.15, 0.2) is 11.6 Å². The molecule has 1 unspecified atom stereocenters. The second-order valence-corrected chi connectivity index (χ2v) is 6.26. The smallest absolute Gasteiger partial charge is 0.220 e. The Morgan fingerprint density at radius 1 is 1.53 bits per heavy atom. The van der Waals surface area contributed by atoms with Crippen molar-refractivity contribution in [2.24, 2.45) is 17.6 Å². The summed E-state index contributed by atoms with van der Waals surface area (Å²) in [6.45, 7) is 6.94. The zero-order valence-corrected chi connectivity index (χ0v) is 12.9. The summed E-state index contributed by atoms with van der Waals surface area (Å²) in [4.78, 5) is 16.3. The van der Waals surface area contributed by atoms with Crippen molar-refractivity contribution in [3.05, 3.63) is 16.6 Å². The van der Waals surface area contributed by atoms with Crippen LogP contribution in [0.3, 0.4) is 0 Å². The van der Waals surface area contributed by atoms with E-state index in [1.54, 1.807) is 17.5 Å². The fourth-order valence-electron chi connectivity index (χ4n) is 2.19. The molecule has 1 rings (SSSR count). The van der Waals surface area contributed by atoms with Crippen molar-refractivity contribution in [2.45, 2.75) is 46.1 Å². The molecule has 0 radical (unpaired) electrons. The lowest BCUT2D eigenvalue weighted by Gasteiger charge is -2.19. The number of nitrogens with zero attached hydrogens (tertiary/aromatic N) is 1. The number of thiazole rings is 1. The largest absolute Gasteiger partial charge is 0.347 e. The van der Waals surface area contributed by atoms with Gasteiger partial charge in [-0.2, -0.15) is 0 Å². The van der Waals surface area contributed by atoms with Crippen molar-refractivity contribution in [1.82, 2.24) is 10.3 Å². The molecule has 0 saturated heterocycles. The molecule has 1 heterocycles. The molecule has 0 spiro atoms. The maximum Gasteiger partial charge on any atom is 0.220 e. The van der Waals surface area contributed by atoms with Gasteiger partial charge in [0.15, 0.2) is 0 Å². The van der Waals surface area contributed by atoms with E-state index >= 15 is 0 Å². The van der Waals surface area contributed by atoms with Crippen LogP contribution in [0.4, 0.5) is 0 Å². The highest BCUT2D eigenvalue weighted by Gasteiger charge is 2.18. The number of hydrogen-bond donors (Lipinski definition) is 2. The van der Waals surface area contributed by atoms with Crippen molar-refractivity contribution in [2.75, 3.05) is 6.54 Å². The van der Waals surface area contributed by atoms with E-state index in [4.69, 9.17) is 5.73 Å². The fraction of sp³-hybridized carbons (Fsp3) is 0.714. The Hall–Kier alpha value is -0.940. The van der Waals surface area contributed by atoms with E-state index in [1.807, 2.05) is 5.38 Å². The molecule has 0 saturated carbocycles. The van der Waals surface area contributed by atoms with E-state index in [9.17, 15) is 4.79 Å². The molecule has 19 heavy (non-hydrogen) atoms. The fourth-order valence-corrected chi connectivity index (χ4v) is 2.96. The van der Waals surface area contributed by atoms with Crippen LogP contribution in [0, 0.1) is 11.8 Å². The number of nitrogens with two attached hydrogens (primary N) is 1. The molecule has 108 valence electrons. The monoisotopic (exact) mass is 283 g/mol. The van der Waals surface area contributed by atoms with Crippen LogP contribution in [0.5, 0.6) is 0 Å². The standard InChI is InChI=1S/C14H25N3OS/c1-4-12(14-16-5-6-19-14)17-13(18)8-11(9-15)7-10(2)3/h5-6,10-12H,4,7-9,15H2,1-3H3,(H,17,18)/t11-,12?/m0/s1. The number of hydrogen-bond acceptors (Lipinski definition) is 4. The number of carbonyl (C=O) groups excluding carboxylic acids is 1. The first kappa shape index (κ1) is 16.1. The summed E-state index contributed by atoms with van der Waals surface area (Å²) in [5.41, 5.74) is 5.74. The Bertz CT molecular complexity index is 365. The minimum absolute atomic E-state index is 0.0324. The number of carbonyl (C=O) groups is 1. The van der Waals surface area contributed by atoms with Crippen molar-refractivity contribution in [3.8, 4) is 0 Å². The first-order valence-corrected chi connectivity index (χ1v) is 7.83. The van der Waals surface area contributed by atoms with Crippen LogP contribution in [-0.2, 0) is 4.79 Å². The van der Waals surface area contributed by atoms with E-state index in [-0.39, 0.29) is 17.9 Å². The summed E-state index contributed by atoms with van der Waals surface area (Å²) in [6.07, 6.45) is 4.14. The van der Waals surface area contributed by atoms with Crippen molar-refractivity contribution < 1.29 is 4.79 Å². The third kappa shape index (κ3) is 5.70. The molecule has 0 fully saturated rings. The molecule has 0 aliphatic rings. The van der Waals surface area contributed by atoms with Gasteiger partial charge >= 0.3 is 0 Å². The summed E-state index contributed by atoms with van der Waals surface area (Å²) >= 11 is 1.58. The van der Waals surface area contributed by atoms with Gasteiger partial charge in [-0.3, -0.25) is 4.79 Å². The SMILES string of the molecule is CCC(NC(=O)C[C@@H](CN)CC(C)C)c1nccs1. The van der Waals surface area contributed by atoms with Crippen LogP contribution in [0.2, 0.25) is 0 Å². The van der Waals surface area contributed by atoms with E-state index in [0.717, 1.165) is 17.8 Å². The molecule has 0 aliphatic heterocycles. The Labute approximate surface area is 119 Å². The normalized spacial score (nSPS) is 14.4. The quantitative estimate of drug-likeness (QED) is 0.771. The highest BCUT2D eigenvalue weighted by atomic mass is 32.1. The third-order valence-corrected chi connectivity index (χ3v) is 3.99. The van der Waals surface area contributed by atoms with Gasteiger partial charge in [-0.05, 0) is 31.2 Å². The van der Waals surface area contributed by atoms with Crippen LogP contribution in [0.25, 0.3) is 0 Å². The van der Waals surface area contributed by atoms with E-state index in [2.05, 4.69) is 31.1 Å². The Kier molecular flexibility index (Phi) is 7.02. The molecule has 1 aromatic rings. The van der Waals surface area contributed by atoms with E-state index in [0.29, 0.717) is 18.9 Å². The highest BCUT2D eigenvalue weighted by molar-refractivity contribution is 7.09. The lowest BCUT2D eigenvalue weighted by Crippen LogP contribution is -2.31. The van der Waals surface area contributed by atoms with Gasteiger partial charge in [0.1, 0.15) is 5.01 Å². The number of amides is 1. The second-order valence-electron chi connectivity index (χ2n) is 5.33. The molecule has 0 aromatic carbocycles. The maximum atomic E-state index is 12.1. The first-order chi connectivity index (χ1) is 9.06. The number of aromatic nitrogens is 1. The molecular weight excluding hydrogens is 258 g/mol. The molecule has 5 heteroatoms. The maximum absolute atomic E-state index is 12.1. The van der Waals surface area contributed by atoms with Gasteiger partial charge < -0.3 is 11.1 Å². The third-order valence-electron chi connectivity index (χ3n) is 3.11.